The fraction of sp³-hybridized carbons (Fsp3) is 0.517. The van der Waals surface area contributed by atoms with Crippen LogP contribution in [-0.4, -0.2) is 59.5 Å². The summed E-state index contributed by atoms with van der Waals surface area (Å²) in [6, 6.07) is 13.6. The summed E-state index contributed by atoms with van der Waals surface area (Å²) in [7, 11) is -3.56. The van der Waals surface area contributed by atoms with Crippen LogP contribution >= 0.6 is 23.2 Å². The number of hydrogen-bond donors (Lipinski definition) is 1. The quantitative estimate of drug-likeness (QED) is 0.365. The molecule has 1 saturated carbocycles. The van der Waals surface area contributed by atoms with E-state index in [-0.39, 0.29) is 36.8 Å². The van der Waals surface area contributed by atoms with Crippen LogP contribution in [0.15, 0.2) is 48.5 Å². The lowest BCUT2D eigenvalue weighted by molar-refractivity contribution is -0.161. The highest BCUT2D eigenvalue weighted by Gasteiger charge is 2.55. The van der Waals surface area contributed by atoms with Gasteiger partial charge >= 0.3 is 5.97 Å². The summed E-state index contributed by atoms with van der Waals surface area (Å²) in [6.45, 7) is 5.50. The molecule has 1 amide bonds. The first-order valence-corrected chi connectivity index (χ1v) is 15.8. The molecule has 4 rings (SSSR count). The van der Waals surface area contributed by atoms with E-state index in [9.17, 15) is 23.1 Å². The van der Waals surface area contributed by atoms with Crippen molar-refractivity contribution in [3.63, 3.8) is 0 Å². The molecular formula is C29H36Cl2N2O5S. The molecule has 1 saturated heterocycles. The minimum atomic E-state index is -3.56. The average Bonchev–Trinajstić information content (AvgIpc) is 3.66. The van der Waals surface area contributed by atoms with Crippen LogP contribution in [0.4, 0.5) is 0 Å². The Balaban J connectivity index is 1.93. The van der Waals surface area contributed by atoms with E-state index < -0.39 is 33.5 Å². The normalized spacial score (nSPS) is 24.8. The lowest BCUT2D eigenvalue weighted by Gasteiger charge is -2.52. The van der Waals surface area contributed by atoms with E-state index in [1.807, 2.05) is 49.1 Å². The van der Waals surface area contributed by atoms with E-state index >= 15 is 0 Å². The number of benzene rings is 2. The van der Waals surface area contributed by atoms with Crippen molar-refractivity contribution in [1.82, 2.24) is 9.21 Å². The molecular weight excluding hydrogens is 559 g/mol. The van der Waals surface area contributed by atoms with E-state index in [4.69, 9.17) is 23.2 Å². The fourth-order valence-corrected chi connectivity index (χ4v) is 7.62. The van der Waals surface area contributed by atoms with Gasteiger partial charge in [0.25, 0.3) is 0 Å². The number of carbonyl (C=O) groups excluding carboxylic acids is 1. The molecule has 2 aromatic carbocycles. The van der Waals surface area contributed by atoms with Gasteiger partial charge in [0, 0.05) is 34.6 Å². The van der Waals surface area contributed by atoms with Crippen molar-refractivity contribution in [3.8, 4) is 0 Å². The molecule has 1 heterocycles. The second-order valence-electron chi connectivity index (χ2n) is 11.5. The third-order valence-corrected chi connectivity index (χ3v) is 9.93. The topological polar surface area (TPSA) is 95.0 Å². The first-order valence-electron chi connectivity index (χ1n) is 13.2. The number of carbonyl (C=O) groups is 2. The van der Waals surface area contributed by atoms with E-state index in [0.717, 1.165) is 24.0 Å². The Morgan fingerprint density at radius 1 is 1.10 bits per heavy atom. The van der Waals surface area contributed by atoms with Crippen LogP contribution in [0.25, 0.3) is 0 Å². The molecule has 0 bridgehead atoms. The maximum atomic E-state index is 14.5. The van der Waals surface area contributed by atoms with Crippen molar-refractivity contribution < 1.29 is 23.1 Å². The van der Waals surface area contributed by atoms with Gasteiger partial charge in [-0.3, -0.25) is 9.59 Å². The van der Waals surface area contributed by atoms with Crippen LogP contribution in [0.3, 0.4) is 0 Å². The number of rotatable bonds is 10. The van der Waals surface area contributed by atoms with Gasteiger partial charge in [-0.15, -0.1) is 0 Å². The number of halogens is 2. The van der Waals surface area contributed by atoms with E-state index in [1.54, 1.807) is 25.1 Å². The van der Waals surface area contributed by atoms with Gasteiger partial charge in [-0.05, 0) is 74.4 Å². The zero-order valence-electron chi connectivity index (χ0n) is 22.7. The Kier molecular flexibility index (Phi) is 8.72. The average molecular weight is 596 g/mol. The lowest BCUT2D eigenvalue weighted by atomic mass is 9.67. The molecule has 1 unspecified atom stereocenters. The molecule has 7 nitrogen and oxygen atoms in total. The smallest absolute Gasteiger partial charge is 0.304 e. The van der Waals surface area contributed by atoms with Gasteiger partial charge in [-0.1, -0.05) is 54.4 Å². The van der Waals surface area contributed by atoms with Crippen molar-refractivity contribution >= 4 is 45.1 Å². The Labute approximate surface area is 241 Å². The number of aliphatic carboxylic acids is 1. The number of carboxylic acids is 1. The van der Waals surface area contributed by atoms with Crippen LogP contribution in [0.1, 0.15) is 69.5 Å². The molecule has 2 fully saturated rings. The van der Waals surface area contributed by atoms with Crippen LogP contribution in [0.5, 0.6) is 0 Å². The summed E-state index contributed by atoms with van der Waals surface area (Å²) in [5.41, 5.74) is 0.564. The summed E-state index contributed by atoms with van der Waals surface area (Å²) < 4.78 is 27.1. The Bertz CT molecular complexity index is 1330. The highest BCUT2D eigenvalue weighted by molar-refractivity contribution is 7.88. The van der Waals surface area contributed by atoms with Crippen molar-refractivity contribution in [1.29, 1.82) is 0 Å². The summed E-state index contributed by atoms with van der Waals surface area (Å²) in [6.07, 6.45) is 2.91. The summed E-state index contributed by atoms with van der Waals surface area (Å²) in [5.74, 6) is -1.49. The third kappa shape index (κ3) is 6.62. The van der Waals surface area contributed by atoms with E-state index in [1.165, 1.54) is 10.6 Å². The Hall–Kier alpha value is -2.13. The predicted octanol–water partition coefficient (Wildman–Crippen LogP) is 5.98. The first-order chi connectivity index (χ1) is 18.2. The molecule has 39 heavy (non-hydrogen) atoms. The first kappa shape index (κ1) is 29.8. The molecule has 1 aliphatic carbocycles. The molecule has 2 aliphatic rings. The Morgan fingerprint density at radius 2 is 1.74 bits per heavy atom. The zero-order valence-corrected chi connectivity index (χ0v) is 25.0. The van der Waals surface area contributed by atoms with Crippen LogP contribution in [-0.2, 0) is 19.6 Å². The summed E-state index contributed by atoms with van der Waals surface area (Å²) in [4.78, 5) is 28.3. The number of sulfonamides is 1. The molecule has 0 radical (unpaired) electrons. The Morgan fingerprint density at radius 3 is 2.26 bits per heavy atom. The lowest BCUT2D eigenvalue weighted by Crippen LogP contribution is -2.59. The number of likely N-dealkylation sites (tertiary alicyclic amines) is 1. The predicted molar refractivity (Wildman–Crippen MR) is 153 cm³/mol. The number of amides is 1. The van der Waals surface area contributed by atoms with Gasteiger partial charge in [0.15, 0.2) is 0 Å². The minimum absolute atomic E-state index is 0.110. The van der Waals surface area contributed by atoms with Crippen molar-refractivity contribution in [2.75, 3.05) is 12.8 Å². The molecule has 2 aromatic rings. The zero-order chi connectivity index (χ0) is 28.7. The second-order valence-corrected chi connectivity index (χ2v) is 14.3. The maximum Gasteiger partial charge on any atom is 0.304 e. The van der Waals surface area contributed by atoms with Gasteiger partial charge in [-0.25, -0.2) is 8.42 Å². The molecule has 1 aliphatic heterocycles. The maximum absolute atomic E-state index is 14.5. The minimum Gasteiger partial charge on any atom is -0.481 e. The van der Waals surface area contributed by atoms with Gasteiger partial charge < -0.3 is 10.0 Å². The standard InChI is InChI=1S/C29H36Cl2N2O5S/c1-18(2)32(39(4,37)38)17-25(19-8-9-19)33-27(20-10-12-22(30)13-11-20)24(21-6-5-7-23(31)14-21)15-29(3,28(33)36)16-26(34)35/h5-7,10-14,18-19,24-25,27H,8-9,15-17H2,1-4H3,(H,34,35)/t24?,25-,27-,29-/m1/s1. The van der Waals surface area contributed by atoms with Crippen molar-refractivity contribution in [2.24, 2.45) is 11.3 Å². The third-order valence-electron chi connectivity index (χ3n) is 8.02. The van der Waals surface area contributed by atoms with Crippen LogP contribution in [0.2, 0.25) is 10.0 Å². The highest BCUT2D eigenvalue weighted by Crippen LogP contribution is 2.54. The van der Waals surface area contributed by atoms with E-state index in [0.29, 0.717) is 16.5 Å². The fourth-order valence-electron chi connectivity index (χ4n) is 6.10. The highest BCUT2D eigenvalue weighted by atomic mass is 35.5. The number of hydrogen-bond acceptors (Lipinski definition) is 4. The number of piperidine rings is 1. The van der Waals surface area contributed by atoms with Gasteiger partial charge in [0.1, 0.15) is 0 Å². The molecule has 0 aromatic heterocycles. The molecule has 212 valence electrons. The van der Waals surface area contributed by atoms with Crippen molar-refractivity contribution in [2.45, 2.75) is 70.5 Å². The summed E-state index contributed by atoms with van der Waals surface area (Å²) in [5, 5.41) is 10.9. The molecule has 4 atom stereocenters. The summed E-state index contributed by atoms with van der Waals surface area (Å²) >= 11 is 12.6. The number of carboxylic acid groups (broad SMARTS) is 1. The van der Waals surface area contributed by atoms with Crippen molar-refractivity contribution in [3.05, 3.63) is 69.7 Å². The van der Waals surface area contributed by atoms with Crippen LogP contribution < -0.4 is 0 Å². The molecule has 0 spiro atoms. The second kappa shape index (κ2) is 11.4. The number of nitrogens with zero attached hydrogens (tertiary/aromatic N) is 2. The van der Waals surface area contributed by atoms with E-state index in [2.05, 4.69) is 0 Å². The largest absolute Gasteiger partial charge is 0.481 e. The van der Waals surface area contributed by atoms with Crippen LogP contribution in [0, 0.1) is 11.3 Å². The molecule has 10 heteroatoms. The van der Waals surface area contributed by atoms with Gasteiger partial charge in [0.2, 0.25) is 15.9 Å². The SMILES string of the molecule is CC(C)N(C[C@H](C1CC1)N1C(=O)[C@@](C)(CC(=O)O)CC(c2cccc(Cl)c2)[C@H]1c1ccc(Cl)cc1)S(C)(=O)=O. The molecule has 1 N–H and O–H groups in total. The van der Waals surface area contributed by atoms with Gasteiger partial charge in [-0.2, -0.15) is 4.31 Å². The van der Waals surface area contributed by atoms with Gasteiger partial charge in [0.05, 0.1) is 24.1 Å². The monoisotopic (exact) mass is 594 g/mol.